The zero-order chi connectivity index (χ0) is 6.69. The van der Waals surface area contributed by atoms with Crippen molar-refractivity contribution >= 4 is 0 Å². The highest BCUT2D eigenvalue weighted by molar-refractivity contribution is 4.90. The average molecular weight is 157 g/mol. The van der Waals surface area contributed by atoms with Gasteiger partial charge in [-0.3, -0.25) is 4.68 Å². The molecule has 0 bridgehead atoms. The van der Waals surface area contributed by atoms with Gasteiger partial charge in [-0.05, 0) is 13.3 Å². The van der Waals surface area contributed by atoms with Crippen LogP contribution in [0.2, 0.25) is 0 Å². The number of nitrogens with zero attached hydrogens (tertiary/aromatic N) is 3. The van der Waals surface area contributed by atoms with Crippen molar-refractivity contribution in [2.24, 2.45) is 0 Å². The van der Waals surface area contributed by atoms with Gasteiger partial charge in [-0.1, -0.05) is 27.0 Å². The van der Waals surface area contributed by atoms with Gasteiger partial charge in [0.25, 0.3) is 0 Å². The van der Waals surface area contributed by atoms with E-state index >= 15 is 0 Å². The maximum absolute atomic E-state index is 3.92. The molecule has 0 aliphatic rings. The first-order valence-electron chi connectivity index (χ1n) is 3.25. The molecule has 0 fully saturated rings. The highest BCUT2D eigenvalue weighted by Crippen LogP contribution is 1.91. The van der Waals surface area contributed by atoms with E-state index in [0.717, 1.165) is 18.7 Å². The fraction of sp³-hybridized carbons (Fsp3) is 0.750. The molecule has 0 saturated heterocycles. The van der Waals surface area contributed by atoms with E-state index in [-0.39, 0.29) is 14.9 Å². The van der Waals surface area contributed by atoms with Crippen molar-refractivity contribution in [3.63, 3.8) is 0 Å². The Morgan fingerprint density at radius 1 is 1.36 bits per heavy atom. The molecule has 0 spiro atoms. The van der Waals surface area contributed by atoms with Crippen LogP contribution in [-0.2, 0) is 13.0 Å². The Morgan fingerprint density at radius 3 is 2.27 bits per heavy atom. The molecule has 1 heterocycles. The van der Waals surface area contributed by atoms with E-state index in [1.54, 1.807) is 0 Å². The fourth-order valence-corrected chi connectivity index (χ4v) is 0.655. The molecule has 3 heteroatoms. The van der Waals surface area contributed by atoms with Crippen molar-refractivity contribution in [1.29, 1.82) is 0 Å². The predicted octanol–water partition coefficient (Wildman–Crippen LogP) is 2.13. The van der Waals surface area contributed by atoms with Crippen LogP contribution in [0.1, 0.15) is 34.4 Å². The highest BCUT2D eigenvalue weighted by Gasteiger charge is 1.92. The Hall–Kier alpha value is -0.860. The maximum atomic E-state index is 3.92. The van der Waals surface area contributed by atoms with Crippen molar-refractivity contribution in [2.75, 3.05) is 0 Å². The molecular formula is C8H19N3. The summed E-state index contributed by atoms with van der Waals surface area (Å²) in [4.78, 5) is 0. The second kappa shape index (κ2) is 5.89. The van der Waals surface area contributed by atoms with Crippen molar-refractivity contribution in [3.05, 3.63) is 11.9 Å². The topological polar surface area (TPSA) is 30.7 Å². The van der Waals surface area contributed by atoms with Crippen LogP contribution in [0.25, 0.3) is 0 Å². The van der Waals surface area contributed by atoms with E-state index in [1.165, 1.54) is 0 Å². The van der Waals surface area contributed by atoms with Gasteiger partial charge in [-0.25, -0.2) is 0 Å². The molecule has 1 rings (SSSR count). The van der Waals surface area contributed by atoms with Crippen LogP contribution in [0.5, 0.6) is 0 Å². The maximum Gasteiger partial charge on any atom is 0.0824 e. The average Bonchev–Trinajstić information content (AvgIpc) is 2.34. The Labute approximate surface area is 69.4 Å². The Balaban J connectivity index is 0. The van der Waals surface area contributed by atoms with E-state index in [0.29, 0.717) is 0 Å². The van der Waals surface area contributed by atoms with E-state index in [1.807, 2.05) is 17.8 Å². The third-order valence-electron chi connectivity index (χ3n) is 1.27. The van der Waals surface area contributed by atoms with Crippen LogP contribution < -0.4 is 0 Å². The minimum absolute atomic E-state index is 0. The first-order valence-corrected chi connectivity index (χ1v) is 3.25. The molecular weight excluding hydrogens is 138 g/mol. The monoisotopic (exact) mass is 157 g/mol. The number of hydrogen-bond acceptors (Lipinski definition) is 2. The lowest BCUT2D eigenvalue weighted by Crippen LogP contribution is -1.93. The molecule has 0 N–H and O–H groups in total. The van der Waals surface area contributed by atoms with Gasteiger partial charge < -0.3 is 0 Å². The van der Waals surface area contributed by atoms with Crippen LogP contribution >= 0.6 is 0 Å². The summed E-state index contributed by atoms with van der Waals surface area (Å²) in [6.07, 6.45) is 2.94. The first-order chi connectivity index (χ1) is 4.36. The summed E-state index contributed by atoms with van der Waals surface area (Å²) in [5, 5.41) is 7.79. The van der Waals surface area contributed by atoms with E-state index < -0.39 is 0 Å². The molecule has 0 aromatic carbocycles. The normalized spacial score (nSPS) is 8.18. The van der Waals surface area contributed by atoms with Gasteiger partial charge in [0.1, 0.15) is 0 Å². The highest BCUT2D eigenvalue weighted by atomic mass is 15.4. The quantitative estimate of drug-likeness (QED) is 0.658. The SMILES string of the molecule is C.C.CCc1cn(CC)nn1. The summed E-state index contributed by atoms with van der Waals surface area (Å²) in [5.41, 5.74) is 1.07. The molecule has 0 atom stereocenters. The fourth-order valence-electron chi connectivity index (χ4n) is 0.655. The lowest BCUT2D eigenvalue weighted by molar-refractivity contribution is 0.626. The largest absolute Gasteiger partial charge is 0.253 e. The summed E-state index contributed by atoms with van der Waals surface area (Å²) in [6.45, 7) is 5.03. The molecule has 0 aliphatic heterocycles. The zero-order valence-corrected chi connectivity index (χ0v) is 5.83. The van der Waals surface area contributed by atoms with Gasteiger partial charge in [-0.15, -0.1) is 5.10 Å². The molecule has 0 aliphatic carbocycles. The van der Waals surface area contributed by atoms with Crippen LogP contribution in [-0.4, -0.2) is 15.0 Å². The summed E-state index contributed by atoms with van der Waals surface area (Å²) >= 11 is 0. The molecule has 0 radical (unpaired) electrons. The minimum atomic E-state index is 0. The summed E-state index contributed by atoms with van der Waals surface area (Å²) in [6, 6.07) is 0. The minimum Gasteiger partial charge on any atom is -0.253 e. The lowest BCUT2D eigenvalue weighted by atomic mass is 10.4. The van der Waals surface area contributed by atoms with Crippen LogP contribution in [0.15, 0.2) is 6.20 Å². The molecule has 0 amide bonds. The molecule has 1 aromatic heterocycles. The Bertz CT molecular complexity index is 163. The summed E-state index contributed by atoms with van der Waals surface area (Å²) < 4.78 is 1.83. The van der Waals surface area contributed by atoms with Crippen molar-refractivity contribution in [3.8, 4) is 0 Å². The van der Waals surface area contributed by atoms with Gasteiger partial charge in [0, 0.05) is 12.7 Å². The van der Waals surface area contributed by atoms with Crippen molar-refractivity contribution in [1.82, 2.24) is 15.0 Å². The van der Waals surface area contributed by atoms with Crippen molar-refractivity contribution < 1.29 is 0 Å². The number of aromatic nitrogens is 3. The lowest BCUT2D eigenvalue weighted by Gasteiger charge is -1.86. The molecule has 66 valence electrons. The number of rotatable bonds is 2. The number of hydrogen-bond donors (Lipinski definition) is 0. The van der Waals surface area contributed by atoms with Crippen LogP contribution in [0.3, 0.4) is 0 Å². The smallest absolute Gasteiger partial charge is 0.0824 e. The third kappa shape index (κ3) is 3.16. The summed E-state index contributed by atoms with van der Waals surface area (Å²) in [7, 11) is 0. The second-order valence-corrected chi connectivity index (χ2v) is 1.92. The van der Waals surface area contributed by atoms with Crippen molar-refractivity contribution in [2.45, 2.75) is 41.7 Å². The second-order valence-electron chi connectivity index (χ2n) is 1.92. The molecule has 0 unspecified atom stereocenters. The number of aryl methyl sites for hydroxylation is 2. The van der Waals surface area contributed by atoms with Crippen LogP contribution in [0.4, 0.5) is 0 Å². The Kier molecular flexibility index (Phi) is 6.85. The van der Waals surface area contributed by atoms with E-state index in [9.17, 15) is 0 Å². The van der Waals surface area contributed by atoms with E-state index in [4.69, 9.17) is 0 Å². The van der Waals surface area contributed by atoms with Gasteiger partial charge in [0.05, 0.1) is 5.69 Å². The molecule has 0 saturated carbocycles. The summed E-state index contributed by atoms with van der Waals surface area (Å²) in [5.74, 6) is 0. The van der Waals surface area contributed by atoms with Gasteiger partial charge in [0.15, 0.2) is 0 Å². The third-order valence-corrected chi connectivity index (χ3v) is 1.27. The van der Waals surface area contributed by atoms with E-state index in [2.05, 4.69) is 17.2 Å². The molecule has 3 nitrogen and oxygen atoms in total. The van der Waals surface area contributed by atoms with Gasteiger partial charge >= 0.3 is 0 Å². The first kappa shape index (κ1) is 12.8. The predicted molar refractivity (Wildman–Crippen MR) is 48.5 cm³/mol. The Morgan fingerprint density at radius 2 is 2.00 bits per heavy atom. The van der Waals surface area contributed by atoms with Crippen LogP contribution in [0, 0.1) is 0 Å². The molecule has 1 aromatic rings. The van der Waals surface area contributed by atoms with Gasteiger partial charge in [0.2, 0.25) is 0 Å². The standard InChI is InChI=1S/C6H11N3.2CH4/c1-3-6-5-9(4-2)8-7-6;;/h5H,3-4H2,1-2H3;2*1H4. The zero-order valence-electron chi connectivity index (χ0n) is 5.83. The molecule has 11 heavy (non-hydrogen) atoms. The van der Waals surface area contributed by atoms with Gasteiger partial charge in [-0.2, -0.15) is 0 Å².